The average Bonchev–Trinajstić information content (AvgIpc) is 2.47. The maximum Gasteiger partial charge on any atom is 0.162 e. The second-order valence-electron chi connectivity index (χ2n) is 4.74. The first-order chi connectivity index (χ1) is 10.5. The van der Waals surface area contributed by atoms with E-state index in [1.165, 1.54) is 24.3 Å². The van der Waals surface area contributed by atoms with Crippen molar-refractivity contribution in [3.05, 3.63) is 53.5 Å². The van der Waals surface area contributed by atoms with Crippen LogP contribution in [0, 0.1) is 0 Å². The van der Waals surface area contributed by atoms with E-state index >= 15 is 0 Å². The summed E-state index contributed by atoms with van der Waals surface area (Å²) in [6.45, 7) is 1.68. The molecule has 0 aromatic heterocycles. The van der Waals surface area contributed by atoms with Crippen LogP contribution in [0.5, 0.6) is 11.5 Å². The van der Waals surface area contributed by atoms with Crippen molar-refractivity contribution in [3.63, 3.8) is 0 Å². The van der Waals surface area contributed by atoms with Crippen molar-refractivity contribution in [1.82, 2.24) is 0 Å². The Labute approximate surface area is 126 Å². The summed E-state index contributed by atoms with van der Waals surface area (Å²) in [5, 5.41) is 37.9. The molecule has 1 aliphatic carbocycles. The Morgan fingerprint density at radius 2 is 2.05 bits per heavy atom. The number of ether oxygens (including phenoxy) is 1. The summed E-state index contributed by atoms with van der Waals surface area (Å²) in [5.41, 5.74) is 0.561. The number of rotatable bonds is 3. The van der Waals surface area contributed by atoms with Gasteiger partial charge in [0, 0.05) is 18.1 Å². The lowest BCUT2D eigenvalue weighted by atomic mass is 9.97. The number of aliphatic hydroxyl groups is 2. The van der Waals surface area contributed by atoms with Gasteiger partial charge in [-0.15, -0.1) is 0 Å². The van der Waals surface area contributed by atoms with Crippen LogP contribution in [0.3, 0.4) is 0 Å². The van der Waals surface area contributed by atoms with Crippen molar-refractivity contribution in [2.75, 3.05) is 0 Å². The number of aromatic hydroxyl groups is 2. The fourth-order valence-electron chi connectivity index (χ4n) is 2.07. The van der Waals surface area contributed by atoms with E-state index in [2.05, 4.69) is 0 Å². The van der Waals surface area contributed by atoms with Gasteiger partial charge < -0.3 is 25.2 Å². The molecule has 0 radical (unpaired) electrons. The molecule has 0 amide bonds. The van der Waals surface area contributed by atoms with Crippen molar-refractivity contribution >= 4 is 11.5 Å². The highest BCUT2D eigenvalue weighted by Crippen LogP contribution is 2.32. The topological polar surface area (TPSA) is 107 Å². The lowest BCUT2D eigenvalue weighted by Gasteiger charge is -2.22. The number of benzene rings is 1. The van der Waals surface area contributed by atoms with Crippen molar-refractivity contribution < 1.29 is 30.0 Å². The Kier molecular flexibility index (Phi) is 4.53. The van der Waals surface area contributed by atoms with E-state index in [4.69, 9.17) is 4.74 Å². The van der Waals surface area contributed by atoms with E-state index in [1.54, 1.807) is 13.0 Å². The molecule has 6 nitrogen and oxygen atoms in total. The van der Waals surface area contributed by atoms with Crippen LogP contribution in [0.1, 0.15) is 18.9 Å². The standard InChI is InChI=1S/C16H16O6/c1-2-15(9-3-4-12(19)14(21)5-9)22-16-7-10(18)6-13(20)11(16)8-17/h2-5,7-8,13,17,19-21H,6H2,1H3/b11-8?,15-2-. The summed E-state index contributed by atoms with van der Waals surface area (Å²) in [6, 6.07) is 4.12. The number of phenolic OH excluding ortho intramolecular Hbond substituents is 2. The summed E-state index contributed by atoms with van der Waals surface area (Å²) in [6.07, 6.45) is 2.23. The van der Waals surface area contributed by atoms with Gasteiger partial charge in [0.05, 0.1) is 17.9 Å². The predicted molar refractivity (Wildman–Crippen MR) is 78.9 cm³/mol. The Bertz CT molecular complexity index is 684. The molecular formula is C16H16O6. The van der Waals surface area contributed by atoms with Crippen LogP contribution in [0.4, 0.5) is 0 Å². The van der Waals surface area contributed by atoms with Crippen LogP contribution < -0.4 is 0 Å². The van der Waals surface area contributed by atoms with Gasteiger partial charge in [-0.05, 0) is 31.2 Å². The molecule has 1 atom stereocenters. The summed E-state index contributed by atoms with van der Waals surface area (Å²) < 4.78 is 5.59. The second kappa shape index (κ2) is 6.36. The van der Waals surface area contributed by atoms with Gasteiger partial charge in [0.15, 0.2) is 17.3 Å². The molecule has 1 unspecified atom stereocenters. The number of aliphatic hydroxyl groups excluding tert-OH is 2. The maximum atomic E-state index is 11.5. The molecule has 4 N–H and O–H groups in total. The molecule has 1 aliphatic rings. The monoisotopic (exact) mass is 304 g/mol. The molecule has 22 heavy (non-hydrogen) atoms. The molecule has 1 aromatic carbocycles. The van der Waals surface area contributed by atoms with Crippen LogP contribution >= 0.6 is 0 Å². The van der Waals surface area contributed by atoms with E-state index in [-0.39, 0.29) is 35.0 Å². The maximum absolute atomic E-state index is 11.5. The molecule has 116 valence electrons. The number of carbonyl (C=O) groups excluding carboxylic acids is 1. The predicted octanol–water partition coefficient (Wildman–Crippen LogP) is 2.13. The van der Waals surface area contributed by atoms with Crippen LogP contribution in [0.2, 0.25) is 0 Å². The smallest absolute Gasteiger partial charge is 0.162 e. The van der Waals surface area contributed by atoms with Gasteiger partial charge in [-0.1, -0.05) is 0 Å². The molecule has 2 rings (SSSR count). The molecule has 0 saturated heterocycles. The highest BCUT2D eigenvalue weighted by molar-refractivity contribution is 5.93. The molecule has 0 heterocycles. The van der Waals surface area contributed by atoms with E-state index in [0.717, 1.165) is 0 Å². The van der Waals surface area contributed by atoms with Gasteiger partial charge in [0.1, 0.15) is 11.5 Å². The summed E-state index contributed by atoms with van der Waals surface area (Å²) in [7, 11) is 0. The minimum Gasteiger partial charge on any atom is -0.515 e. The van der Waals surface area contributed by atoms with Crippen LogP contribution in [0.25, 0.3) is 5.76 Å². The normalized spacial score (nSPS) is 20.9. The highest BCUT2D eigenvalue weighted by atomic mass is 16.5. The molecule has 0 bridgehead atoms. The summed E-state index contributed by atoms with van der Waals surface area (Å²) in [4.78, 5) is 11.5. The Balaban J connectivity index is 2.34. The molecular weight excluding hydrogens is 288 g/mol. The Morgan fingerprint density at radius 3 is 2.64 bits per heavy atom. The first kappa shape index (κ1) is 15.7. The molecule has 6 heteroatoms. The van der Waals surface area contributed by atoms with Gasteiger partial charge in [0.2, 0.25) is 0 Å². The lowest BCUT2D eigenvalue weighted by molar-refractivity contribution is -0.116. The summed E-state index contributed by atoms with van der Waals surface area (Å²) in [5.74, 6) is -0.573. The van der Waals surface area contributed by atoms with E-state index in [1.807, 2.05) is 0 Å². The van der Waals surface area contributed by atoms with Crippen molar-refractivity contribution in [1.29, 1.82) is 0 Å². The van der Waals surface area contributed by atoms with Gasteiger partial charge >= 0.3 is 0 Å². The molecule has 0 fully saturated rings. The quantitative estimate of drug-likeness (QED) is 0.503. The van der Waals surface area contributed by atoms with Crippen molar-refractivity contribution in [3.8, 4) is 11.5 Å². The fraction of sp³-hybridized carbons (Fsp3) is 0.188. The molecule has 0 spiro atoms. The average molecular weight is 304 g/mol. The van der Waals surface area contributed by atoms with E-state index < -0.39 is 6.10 Å². The second-order valence-corrected chi connectivity index (χ2v) is 4.74. The third-order valence-electron chi connectivity index (χ3n) is 3.21. The first-order valence-corrected chi connectivity index (χ1v) is 6.60. The zero-order chi connectivity index (χ0) is 16.3. The van der Waals surface area contributed by atoms with Crippen LogP contribution in [-0.4, -0.2) is 32.3 Å². The zero-order valence-corrected chi connectivity index (χ0v) is 11.9. The largest absolute Gasteiger partial charge is 0.515 e. The van der Waals surface area contributed by atoms with E-state index in [9.17, 15) is 25.2 Å². The lowest BCUT2D eigenvalue weighted by Crippen LogP contribution is -2.22. The number of hydrogen-bond donors (Lipinski definition) is 4. The number of hydrogen-bond acceptors (Lipinski definition) is 6. The molecule has 1 aromatic rings. The minimum absolute atomic E-state index is 0.0342. The fourth-order valence-corrected chi connectivity index (χ4v) is 2.07. The SMILES string of the molecule is C/C=C(\OC1=CC(=O)CC(O)C1=CO)c1ccc(O)c(O)c1. The Hall–Kier alpha value is -2.73. The van der Waals surface area contributed by atoms with Gasteiger partial charge in [-0.3, -0.25) is 4.79 Å². The number of allylic oxidation sites excluding steroid dienone is 2. The van der Waals surface area contributed by atoms with Crippen molar-refractivity contribution in [2.24, 2.45) is 0 Å². The van der Waals surface area contributed by atoms with Gasteiger partial charge in [-0.25, -0.2) is 0 Å². The first-order valence-electron chi connectivity index (χ1n) is 6.60. The number of ketones is 1. The molecule has 0 saturated carbocycles. The molecule has 0 aliphatic heterocycles. The van der Waals surface area contributed by atoms with Crippen molar-refractivity contribution in [2.45, 2.75) is 19.4 Å². The van der Waals surface area contributed by atoms with Gasteiger partial charge in [-0.2, -0.15) is 0 Å². The third-order valence-corrected chi connectivity index (χ3v) is 3.21. The Morgan fingerprint density at radius 1 is 1.32 bits per heavy atom. The van der Waals surface area contributed by atoms with Crippen LogP contribution in [0.15, 0.2) is 47.9 Å². The highest BCUT2D eigenvalue weighted by Gasteiger charge is 2.26. The number of carbonyl (C=O) groups is 1. The third kappa shape index (κ3) is 3.12. The summed E-state index contributed by atoms with van der Waals surface area (Å²) >= 11 is 0. The van der Waals surface area contributed by atoms with Gasteiger partial charge in [0.25, 0.3) is 0 Å². The zero-order valence-electron chi connectivity index (χ0n) is 11.9. The minimum atomic E-state index is -1.14. The number of phenols is 2. The van der Waals surface area contributed by atoms with Crippen LogP contribution in [-0.2, 0) is 9.53 Å². The van der Waals surface area contributed by atoms with E-state index in [0.29, 0.717) is 17.6 Å².